The number of imide groups is 1. The van der Waals surface area contributed by atoms with Gasteiger partial charge in [0.2, 0.25) is 11.8 Å². The molecule has 1 fully saturated rings. The normalized spacial score (nSPS) is 22.3. The van der Waals surface area contributed by atoms with Gasteiger partial charge in [0.1, 0.15) is 12.1 Å². The van der Waals surface area contributed by atoms with Crippen LogP contribution < -0.4 is 15.5 Å². The second kappa shape index (κ2) is 7.98. The van der Waals surface area contributed by atoms with Crippen molar-refractivity contribution in [1.82, 2.24) is 10.2 Å². The molecule has 1 saturated heterocycles. The van der Waals surface area contributed by atoms with Crippen LogP contribution in [0.3, 0.4) is 0 Å². The summed E-state index contributed by atoms with van der Waals surface area (Å²) in [6.07, 6.45) is 0.105. The van der Waals surface area contributed by atoms with Gasteiger partial charge in [0.05, 0.1) is 11.4 Å². The van der Waals surface area contributed by atoms with Gasteiger partial charge in [0.15, 0.2) is 0 Å². The summed E-state index contributed by atoms with van der Waals surface area (Å²) in [4.78, 5) is 54.6. The Morgan fingerprint density at radius 3 is 2.53 bits per heavy atom. The van der Waals surface area contributed by atoms with Crippen molar-refractivity contribution in [2.24, 2.45) is 0 Å². The van der Waals surface area contributed by atoms with E-state index in [1.54, 1.807) is 38.1 Å². The minimum atomic E-state index is -1.31. The molecular weight excluding hydrogens is 432 g/mol. The Morgan fingerprint density at radius 2 is 1.71 bits per heavy atom. The van der Waals surface area contributed by atoms with Gasteiger partial charge in [0.25, 0.3) is 5.91 Å². The van der Waals surface area contributed by atoms with Crippen LogP contribution in [0.5, 0.6) is 0 Å². The van der Waals surface area contributed by atoms with Gasteiger partial charge in [-0.2, -0.15) is 0 Å². The monoisotopic (exact) mass is 456 g/mol. The molecule has 2 aliphatic heterocycles. The number of benzene rings is 3. The smallest absolute Gasteiger partial charge is 0.324 e. The van der Waals surface area contributed by atoms with Crippen LogP contribution in [0.1, 0.15) is 25.8 Å². The Balaban J connectivity index is 1.47. The lowest BCUT2D eigenvalue weighted by Crippen LogP contribution is -2.47. The van der Waals surface area contributed by atoms with Gasteiger partial charge in [-0.3, -0.25) is 19.3 Å². The highest BCUT2D eigenvalue weighted by atomic mass is 16.2. The van der Waals surface area contributed by atoms with Crippen LogP contribution in [0.15, 0.2) is 66.7 Å². The molecular formula is C26H24N4O4. The second-order valence-electron chi connectivity index (χ2n) is 8.86. The second-order valence-corrected chi connectivity index (χ2v) is 8.86. The number of urea groups is 1. The Kier molecular flexibility index (Phi) is 5.08. The average Bonchev–Trinajstić information content (AvgIpc) is 2.95. The van der Waals surface area contributed by atoms with Gasteiger partial charge in [-0.15, -0.1) is 0 Å². The van der Waals surface area contributed by atoms with E-state index in [0.717, 1.165) is 15.7 Å². The third kappa shape index (κ3) is 3.39. The molecule has 5 amide bonds. The van der Waals surface area contributed by atoms with Crippen LogP contribution in [-0.2, 0) is 19.9 Å². The Bertz CT molecular complexity index is 1350. The van der Waals surface area contributed by atoms with E-state index in [0.29, 0.717) is 16.9 Å². The molecule has 2 aliphatic rings. The molecule has 8 heteroatoms. The summed E-state index contributed by atoms with van der Waals surface area (Å²) in [7, 11) is 0. The summed E-state index contributed by atoms with van der Waals surface area (Å²) >= 11 is 0. The number of nitrogens with zero attached hydrogens (tertiary/aromatic N) is 2. The summed E-state index contributed by atoms with van der Waals surface area (Å²) < 4.78 is 0. The van der Waals surface area contributed by atoms with Gasteiger partial charge < -0.3 is 15.5 Å². The van der Waals surface area contributed by atoms with Crippen molar-refractivity contribution in [3.05, 3.63) is 72.3 Å². The standard InChI is InChI=1S/C26H24N4O4/c1-16-14-22(31)27-20-12-5-6-13-21(20)30(16)23(32)15-29-24(33)26(2,28-25(29)34)19-11-7-9-17-8-3-4-10-18(17)19/h3-13,16H,14-15H2,1-2H3,(H,27,31)(H,28,34)/t16-,26+/m0/s1. The number of anilines is 2. The molecule has 8 nitrogen and oxygen atoms in total. The summed E-state index contributed by atoms with van der Waals surface area (Å²) in [5, 5.41) is 7.41. The Labute approximate surface area is 196 Å². The minimum Gasteiger partial charge on any atom is -0.324 e. The van der Waals surface area contributed by atoms with Gasteiger partial charge in [-0.1, -0.05) is 54.6 Å². The number of amides is 5. The first-order valence-electron chi connectivity index (χ1n) is 11.1. The fourth-order valence-electron chi connectivity index (χ4n) is 4.86. The van der Waals surface area contributed by atoms with Crippen LogP contribution in [-0.4, -0.2) is 41.2 Å². The quantitative estimate of drug-likeness (QED) is 0.591. The highest BCUT2D eigenvalue weighted by Crippen LogP contribution is 2.35. The van der Waals surface area contributed by atoms with E-state index in [9.17, 15) is 19.2 Å². The van der Waals surface area contributed by atoms with Gasteiger partial charge in [0, 0.05) is 12.5 Å². The number of carbonyl (C=O) groups excluding carboxylic acids is 4. The first-order valence-corrected chi connectivity index (χ1v) is 11.1. The molecule has 3 aromatic rings. The Morgan fingerprint density at radius 1 is 1.00 bits per heavy atom. The molecule has 5 rings (SSSR count). The third-order valence-corrected chi connectivity index (χ3v) is 6.52. The molecule has 0 spiro atoms. The first kappa shape index (κ1) is 21.6. The van der Waals surface area contributed by atoms with E-state index in [4.69, 9.17) is 0 Å². The number of para-hydroxylation sites is 2. The van der Waals surface area contributed by atoms with Crippen LogP contribution in [0, 0.1) is 0 Å². The van der Waals surface area contributed by atoms with Crippen molar-refractivity contribution in [1.29, 1.82) is 0 Å². The number of rotatable bonds is 3. The zero-order valence-electron chi connectivity index (χ0n) is 18.9. The number of nitrogens with one attached hydrogen (secondary N) is 2. The predicted octanol–water partition coefficient (Wildman–Crippen LogP) is 3.37. The highest BCUT2D eigenvalue weighted by Gasteiger charge is 2.50. The largest absolute Gasteiger partial charge is 0.325 e. The maximum absolute atomic E-state index is 13.6. The van der Waals surface area contributed by atoms with Crippen LogP contribution >= 0.6 is 0 Å². The molecule has 0 unspecified atom stereocenters. The first-order chi connectivity index (χ1) is 16.3. The van der Waals surface area contributed by atoms with Crippen molar-refractivity contribution in [3.8, 4) is 0 Å². The summed E-state index contributed by atoms with van der Waals surface area (Å²) in [6.45, 7) is 3.00. The van der Waals surface area contributed by atoms with Gasteiger partial charge in [-0.25, -0.2) is 4.79 Å². The van der Waals surface area contributed by atoms with Gasteiger partial charge >= 0.3 is 6.03 Å². The van der Waals surface area contributed by atoms with Crippen molar-refractivity contribution in [2.75, 3.05) is 16.8 Å². The zero-order chi connectivity index (χ0) is 24.0. The van der Waals surface area contributed by atoms with Crippen LogP contribution in [0.2, 0.25) is 0 Å². The lowest BCUT2D eigenvalue weighted by atomic mass is 9.88. The summed E-state index contributed by atoms with van der Waals surface area (Å²) in [6, 6.07) is 19.2. The van der Waals surface area contributed by atoms with E-state index >= 15 is 0 Å². The molecule has 172 valence electrons. The van der Waals surface area contributed by atoms with E-state index < -0.39 is 36.0 Å². The molecule has 0 aromatic heterocycles. The predicted molar refractivity (Wildman–Crippen MR) is 128 cm³/mol. The van der Waals surface area contributed by atoms with Crippen molar-refractivity contribution in [2.45, 2.75) is 31.8 Å². The number of hydrogen-bond donors (Lipinski definition) is 2. The van der Waals surface area contributed by atoms with Crippen molar-refractivity contribution in [3.63, 3.8) is 0 Å². The lowest BCUT2D eigenvalue weighted by molar-refractivity contribution is -0.134. The van der Waals surface area contributed by atoms with Crippen molar-refractivity contribution < 1.29 is 19.2 Å². The number of hydrogen-bond acceptors (Lipinski definition) is 4. The number of fused-ring (bicyclic) bond motifs is 2. The molecule has 3 aromatic carbocycles. The molecule has 2 N–H and O–H groups in total. The molecule has 2 atom stereocenters. The fraction of sp³-hybridized carbons (Fsp3) is 0.231. The average molecular weight is 457 g/mol. The van der Waals surface area contributed by atoms with Gasteiger partial charge in [-0.05, 0) is 42.3 Å². The van der Waals surface area contributed by atoms with E-state index in [1.165, 1.54) is 4.90 Å². The molecule has 0 saturated carbocycles. The van der Waals surface area contributed by atoms with Crippen molar-refractivity contribution >= 4 is 45.9 Å². The van der Waals surface area contributed by atoms with E-state index in [-0.39, 0.29) is 12.3 Å². The third-order valence-electron chi connectivity index (χ3n) is 6.52. The molecule has 34 heavy (non-hydrogen) atoms. The summed E-state index contributed by atoms with van der Waals surface area (Å²) in [5.41, 5.74) is 0.415. The highest BCUT2D eigenvalue weighted by molar-refractivity contribution is 6.13. The molecule has 0 aliphatic carbocycles. The van der Waals surface area contributed by atoms with Crippen LogP contribution in [0.4, 0.5) is 16.2 Å². The van der Waals surface area contributed by atoms with E-state index in [2.05, 4.69) is 10.6 Å². The van der Waals surface area contributed by atoms with E-state index in [1.807, 2.05) is 42.5 Å². The lowest BCUT2D eigenvalue weighted by Gasteiger charge is -2.29. The van der Waals surface area contributed by atoms with Crippen LogP contribution in [0.25, 0.3) is 10.8 Å². The SMILES string of the molecule is C[C@H]1CC(=O)Nc2ccccc2N1C(=O)CN1C(=O)N[C@](C)(c2cccc3ccccc23)C1=O. The molecule has 0 bridgehead atoms. The number of carbonyl (C=O) groups is 4. The molecule has 2 heterocycles. The maximum atomic E-state index is 13.6. The molecule has 0 radical (unpaired) electrons. The Hall–Kier alpha value is -4.20. The summed E-state index contributed by atoms with van der Waals surface area (Å²) in [5.74, 6) is -1.14. The maximum Gasteiger partial charge on any atom is 0.325 e. The topological polar surface area (TPSA) is 98.8 Å². The fourth-order valence-corrected chi connectivity index (χ4v) is 4.86. The minimum absolute atomic E-state index is 0.105. The zero-order valence-corrected chi connectivity index (χ0v) is 18.9.